The molecule has 3 aromatic rings. The number of anilines is 2. The molecular weight excluding hydrogens is 383 g/mol. The molecule has 0 amide bonds. The number of thioether (sulfide) groups is 1. The Balaban J connectivity index is 1.95. The van der Waals surface area contributed by atoms with E-state index in [2.05, 4.69) is 9.97 Å². The number of aryl methyl sites for hydroxylation is 1. The second kappa shape index (κ2) is 7.31. The second-order valence-electron chi connectivity index (χ2n) is 6.34. The van der Waals surface area contributed by atoms with Crippen LogP contribution in [0.5, 0.6) is 0 Å². The summed E-state index contributed by atoms with van der Waals surface area (Å²) in [4.78, 5) is 10.6. The maximum Gasteiger partial charge on any atom is 0.189 e. The van der Waals surface area contributed by atoms with Gasteiger partial charge in [-0.3, -0.25) is 0 Å². The Morgan fingerprint density at radius 1 is 1.00 bits per heavy atom. The Morgan fingerprint density at radius 3 is 2.43 bits per heavy atom. The van der Waals surface area contributed by atoms with Crippen molar-refractivity contribution >= 4 is 29.3 Å². The molecule has 0 radical (unpaired) electrons. The van der Waals surface area contributed by atoms with Crippen molar-refractivity contribution in [1.82, 2.24) is 9.97 Å². The van der Waals surface area contributed by atoms with E-state index in [0.717, 1.165) is 0 Å². The summed E-state index contributed by atoms with van der Waals surface area (Å²) >= 11 is 1.33. The first-order chi connectivity index (χ1) is 13.5. The van der Waals surface area contributed by atoms with Gasteiger partial charge in [0, 0.05) is 17.7 Å². The molecule has 0 unspecified atom stereocenters. The first kappa shape index (κ1) is 18.6. The minimum absolute atomic E-state index is 0.153. The van der Waals surface area contributed by atoms with Crippen LogP contribution in [0.1, 0.15) is 11.1 Å². The molecule has 2 heterocycles. The number of hydrogen-bond donors (Lipinski definition) is 0. The Hall–Kier alpha value is -2.80. The van der Waals surface area contributed by atoms with Crippen molar-refractivity contribution in [2.75, 3.05) is 17.7 Å². The smallest absolute Gasteiger partial charge is 0.189 e. The molecule has 28 heavy (non-hydrogen) atoms. The van der Waals surface area contributed by atoms with Crippen LogP contribution in [0, 0.1) is 24.4 Å². The minimum atomic E-state index is -0.662. The standard InChI is InChI=1S/C21H16F3N3S/c1-12-11-13(8-9-15(12)22)18-14-5-4-10-27(20(14)26-21(25-18)28-2)19-16(23)6-3-7-17(19)24/h3-9,11H,10H2,1-2H3. The number of fused-ring (bicyclic) bond motifs is 1. The predicted octanol–water partition coefficient (Wildman–Crippen LogP) is 5.76. The van der Waals surface area contributed by atoms with Gasteiger partial charge in [-0.05, 0) is 49.1 Å². The molecule has 0 saturated carbocycles. The Kier molecular flexibility index (Phi) is 4.85. The summed E-state index contributed by atoms with van der Waals surface area (Å²) in [5.41, 5.74) is 2.29. The monoisotopic (exact) mass is 399 g/mol. The molecule has 0 N–H and O–H groups in total. The summed E-state index contributed by atoms with van der Waals surface area (Å²) in [6.45, 7) is 1.95. The van der Waals surface area contributed by atoms with E-state index in [-0.39, 0.29) is 18.0 Å². The van der Waals surface area contributed by atoms with Crippen molar-refractivity contribution in [3.63, 3.8) is 0 Å². The first-order valence-corrected chi connectivity index (χ1v) is 9.82. The Labute approximate surface area is 164 Å². The average Bonchev–Trinajstić information content (AvgIpc) is 2.69. The highest BCUT2D eigenvalue weighted by Gasteiger charge is 2.26. The fourth-order valence-corrected chi connectivity index (χ4v) is 3.57. The fourth-order valence-electron chi connectivity index (χ4n) is 3.21. The van der Waals surface area contributed by atoms with Crippen molar-refractivity contribution in [3.8, 4) is 11.3 Å². The van der Waals surface area contributed by atoms with Crippen LogP contribution in [0.3, 0.4) is 0 Å². The molecule has 0 saturated heterocycles. The molecule has 0 atom stereocenters. The van der Waals surface area contributed by atoms with Gasteiger partial charge in [0.25, 0.3) is 0 Å². The van der Waals surface area contributed by atoms with E-state index in [1.165, 1.54) is 40.9 Å². The third-order valence-corrected chi connectivity index (χ3v) is 5.10. The van der Waals surface area contributed by atoms with E-state index in [4.69, 9.17) is 0 Å². The quantitative estimate of drug-likeness (QED) is 0.414. The van der Waals surface area contributed by atoms with Gasteiger partial charge in [0.1, 0.15) is 29.0 Å². The van der Waals surface area contributed by atoms with Gasteiger partial charge < -0.3 is 4.90 Å². The average molecular weight is 399 g/mol. The number of benzene rings is 2. The normalized spacial score (nSPS) is 13.0. The topological polar surface area (TPSA) is 29.0 Å². The van der Waals surface area contributed by atoms with Crippen LogP contribution >= 0.6 is 11.8 Å². The third kappa shape index (κ3) is 3.16. The van der Waals surface area contributed by atoms with E-state index >= 15 is 0 Å². The molecule has 0 fully saturated rings. The maximum atomic E-state index is 14.4. The number of aromatic nitrogens is 2. The van der Waals surface area contributed by atoms with E-state index in [9.17, 15) is 13.2 Å². The highest BCUT2D eigenvalue weighted by molar-refractivity contribution is 7.98. The molecular formula is C21H16F3N3S. The highest BCUT2D eigenvalue weighted by Crippen LogP contribution is 2.39. The van der Waals surface area contributed by atoms with Gasteiger partial charge in [-0.25, -0.2) is 23.1 Å². The van der Waals surface area contributed by atoms with Gasteiger partial charge in [-0.15, -0.1) is 0 Å². The van der Waals surface area contributed by atoms with E-state index < -0.39 is 11.6 Å². The van der Waals surface area contributed by atoms with Gasteiger partial charge in [0.05, 0.1) is 5.69 Å². The number of rotatable bonds is 3. The third-order valence-electron chi connectivity index (χ3n) is 4.55. The Morgan fingerprint density at radius 2 is 1.75 bits per heavy atom. The van der Waals surface area contributed by atoms with E-state index in [1.54, 1.807) is 25.1 Å². The first-order valence-electron chi connectivity index (χ1n) is 8.60. The van der Waals surface area contributed by atoms with Crippen molar-refractivity contribution < 1.29 is 13.2 Å². The summed E-state index contributed by atoms with van der Waals surface area (Å²) in [7, 11) is 0. The van der Waals surface area contributed by atoms with Crippen molar-refractivity contribution in [2.24, 2.45) is 0 Å². The van der Waals surface area contributed by atoms with Crippen LogP contribution in [0.4, 0.5) is 24.7 Å². The van der Waals surface area contributed by atoms with Crippen molar-refractivity contribution in [1.29, 1.82) is 0 Å². The summed E-state index contributed by atoms with van der Waals surface area (Å²) in [6.07, 6.45) is 5.47. The molecule has 142 valence electrons. The summed E-state index contributed by atoms with van der Waals surface area (Å²) in [6, 6.07) is 8.51. The largest absolute Gasteiger partial charge is 0.317 e. The van der Waals surface area contributed by atoms with Crippen molar-refractivity contribution in [3.05, 3.63) is 71.1 Å². The lowest BCUT2D eigenvalue weighted by atomic mass is 10.0. The molecule has 2 aromatic carbocycles. The second-order valence-corrected chi connectivity index (χ2v) is 7.12. The fraction of sp³-hybridized carbons (Fsp3) is 0.143. The molecule has 0 bridgehead atoms. The van der Waals surface area contributed by atoms with Crippen molar-refractivity contribution in [2.45, 2.75) is 12.1 Å². The van der Waals surface area contributed by atoms with Crippen LogP contribution in [-0.2, 0) is 0 Å². The Bertz CT molecular complexity index is 1080. The summed E-state index contributed by atoms with van der Waals surface area (Å²) < 4.78 is 42.6. The molecule has 1 aliphatic heterocycles. The lowest BCUT2D eigenvalue weighted by Crippen LogP contribution is -2.25. The lowest BCUT2D eigenvalue weighted by molar-refractivity contribution is 0.581. The van der Waals surface area contributed by atoms with Crippen LogP contribution in [0.2, 0.25) is 0 Å². The van der Waals surface area contributed by atoms with Crippen LogP contribution in [0.25, 0.3) is 17.3 Å². The van der Waals surface area contributed by atoms with Gasteiger partial charge in [-0.2, -0.15) is 0 Å². The maximum absolute atomic E-state index is 14.4. The molecule has 1 aliphatic rings. The zero-order valence-corrected chi connectivity index (χ0v) is 16.0. The van der Waals surface area contributed by atoms with Gasteiger partial charge in [0.15, 0.2) is 5.16 Å². The van der Waals surface area contributed by atoms with Gasteiger partial charge in [-0.1, -0.05) is 30.0 Å². The van der Waals surface area contributed by atoms with Gasteiger partial charge >= 0.3 is 0 Å². The summed E-state index contributed by atoms with van der Waals surface area (Å²) in [5.74, 6) is -1.21. The molecule has 3 nitrogen and oxygen atoms in total. The van der Waals surface area contributed by atoms with Crippen LogP contribution < -0.4 is 4.90 Å². The zero-order valence-electron chi connectivity index (χ0n) is 15.2. The van der Waals surface area contributed by atoms with Gasteiger partial charge in [0.2, 0.25) is 0 Å². The molecule has 1 aromatic heterocycles. The van der Waals surface area contributed by atoms with E-state index in [1.807, 2.05) is 12.3 Å². The number of nitrogens with zero attached hydrogens (tertiary/aromatic N) is 3. The molecule has 0 aliphatic carbocycles. The predicted molar refractivity (Wildman–Crippen MR) is 106 cm³/mol. The lowest BCUT2D eigenvalue weighted by Gasteiger charge is -2.29. The molecule has 4 rings (SSSR count). The molecule has 7 heteroatoms. The van der Waals surface area contributed by atoms with Crippen LogP contribution in [0.15, 0.2) is 47.6 Å². The minimum Gasteiger partial charge on any atom is -0.317 e. The molecule has 0 spiro atoms. The number of halogens is 3. The highest BCUT2D eigenvalue weighted by atomic mass is 32.2. The zero-order chi connectivity index (χ0) is 19.8. The summed E-state index contributed by atoms with van der Waals surface area (Å²) in [5, 5.41) is 0.466. The van der Waals surface area contributed by atoms with Crippen LogP contribution in [-0.4, -0.2) is 22.8 Å². The number of hydrogen-bond acceptors (Lipinski definition) is 4. The SMILES string of the molecule is CSc1nc(-c2ccc(F)c(C)c2)c2c(n1)N(c1c(F)cccc1F)CC=C2. The number of para-hydroxylation sites is 1. The van der Waals surface area contributed by atoms with E-state index in [0.29, 0.717) is 33.4 Å².